The van der Waals surface area contributed by atoms with Gasteiger partial charge in [-0.25, -0.2) is 4.79 Å². The Kier molecular flexibility index (Phi) is 6.05. The Morgan fingerprint density at radius 2 is 1.74 bits per heavy atom. The van der Waals surface area contributed by atoms with E-state index < -0.39 is 0 Å². The maximum absolute atomic E-state index is 13.3. The second-order valence-corrected chi connectivity index (χ2v) is 10.3. The number of carbonyl (C=O) groups excluding carboxylic acids is 1. The van der Waals surface area contributed by atoms with E-state index in [1.165, 1.54) is 50.5 Å². The molecule has 2 saturated carbocycles. The predicted molar refractivity (Wildman–Crippen MR) is 125 cm³/mol. The van der Waals surface area contributed by atoms with Gasteiger partial charge in [0.05, 0.1) is 6.04 Å². The molecule has 4 fully saturated rings. The first-order valence-electron chi connectivity index (χ1n) is 12.6. The minimum absolute atomic E-state index is 0.116. The summed E-state index contributed by atoms with van der Waals surface area (Å²) in [5.74, 6) is 1.00. The molecule has 31 heavy (non-hydrogen) atoms. The van der Waals surface area contributed by atoms with Crippen molar-refractivity contribution in [3.63, 3.8) is 0 Å². The molecule has 168 valence electrons. The second-order valence-electron chi connectivity index (χ2n) is 10.3. The lowest BCUT2D eigenvalue weighted by Crippen LogP contribution is -2.61. The summed E-state index contributed by atoms with van der Waals surface area (Å²) in [7, 11) is 0. The normalized spacial score (nSPS) is 32.3. The molecule has 2 saturated heterocycles. The Labute approximate surface area is 187 Å². The molecule has 2 unspecified atom stereocenters. The average molecular weight is 423 g/mol. The van der Waals surface area contributed by atoms with Gasteiger partial charge in [0.2, 0.25) is 0 Å². The van der Waals surface area contributed by atoms with Gasteiger partial charge in [0.25, 0.3) is 0 Å². The van der Waals surface area contributed by atoms with E-state index in [9.17, 15) is 4.79 Å². The number of nitrogens with one attached hydrogen (secondary N) is 1. The van der Waals surface area contributed by atoms with Gasteiger partial charge in [0, 0.05) is 25.2 Å². The molecule has 2 heterocycles. The summed E-state index contributed by atoms with van der Waals surface area (Å²) in [4.78, 5) is 23.4. The highest BCUT2D eigenvalue weighted by Gasteiger charge is 2.56. The quantitative estimate of drug-likeness (QED) is 0.733. The van der Waals surface area contributed by atoms with Gasteiger partial charge >= 0.3 is 6.03 Å². The fourth-order valence-electron chi connectivity index (χ4n) is 6.56. The lowest BCUT2D eigenvalue weighted by Gasteiger charge is -2.49. The largest absolute Gasteiger partial charge is 0.323 e. The lowest BCUT2D eigenvalue weighted by molar-refractivity contribution is 0.0452. The van der Waals surface area contributed by atoms with Gasteiger partial charge < -0.3 is 4.90 Å². The summed E-state index contributed by atoms with van der Waals surface area (Å²) in [6.07, 6.45) is 13.0. The molecule has 2 aliphatic heterocycles. The number of aliphatic imine (C=N–C) groups is 1. The van der Waals surface area contributed by atoms with E-state index in [4.69, 9.17) is 4.99 Å². The minimum atomic E-state index is -0.226. The Balaban J connectivity index is 1.41. The third kappa shape index (κ3) is 4.13. The van der Waals surface area contributed by atoms with E-state index in [1.807, 2.05) is 0 Å². The molecule has 5 heteroatoms. The number of urea groups is 1. The third-order valence-electron chi connectivity index (χ3n) is 8.22. The van der Waals surface area contributed by atoms with Gasteiger partial charge in [0.1, 0.15) is 11.4 Å². The highest BCUT2D eigenvalue weighted by molar-refractivity contribution is 6.10. The average Bonchev–Trinajstić information content (AvgIpc) is 3.38. The molecular weight excluding hydrogens is 384 g/mol. The minimum Gasteiger partial charge on any atom is -0.309 e. The molecule has 0 aromatic heterocycles. The standard InChI is InChI=1S/C26H38N4O/c1-20-18-26(16-17-29(20)19-21-10-4-2-5-11-21)24(27-22-12-6-3-7-13-22)28-25(31)30(26)23-14-8-9-15-23/h2,4-5,10-11,20,22-23H,3,6-9,12-19H2,1H3,(H,27,28,31). The summed E-state index contributed by atoms with van der Waals surface area (Å²) >= 11 is 0. The number of rotatable bonds is 4. The van der Waals surface area contributed by atoms with Crippen molar-refractivity contribution >= 4 is 11.9 Å². The topological polar surface area (TPSA) is 47.9 Å². The number of hydrogen-bond donors (Lipinski definition) is 1. The zero-order chi connectivity index (χ0) is 21.3. The predicted octanol–water partition coefficient (Wildman–Crippen LogP) is 5.11. The Morgan fingerprint density at radius 3 is 2.45 bits per heavy atom. The number of carbonyl (C=O) groups is 1. The summed E-state index contributed by atoms with van der Waals surface area (Å²) in [6.45, 7) is 4.34. The molecule has 5 rings (SSSR count). The third-order valence-corrected chi connectivity index (χ3v) is 8.22. The molecule has 5 nitrogen and oxygen atoms in total. The van der Waals surface area contributed by atoms with Crippen molar-refractivity contribution in [1.82, 2.24) is 15.1 Å². The maximum Gasteiger partial charge on any atom is 0.323 e. The van der Waals surface area contributed by atoms with Crippen molar-refractivity contribution in [3.05, 3.63) is 35.9 Å². The van der Waals surface area contributed by atoms with Crippen molar-refractivity contribution in [3.8, 4) is 0 Å². The molecule has 1 N–H and O–H groups in total. The van der Waals surface area contributed by atoms with Gasteiger partial charge in [0.15, 0.2) is 0 Å². The molecule has 1 spiro atoms. The van der Waals surface area contributed by atoms with Gasteiger partial charge in [-0.15, -0.1) is 0 Å². The molecule has 1 aromatic rings. The van der Waals surface area contributed by atoms with E-state index in [1.54, 1.807) is 0 Å². The highest BCUT2D eigenvalue weighted by atomic mass is 16.2. The van der Waals surface area contributed by atoms with Crippen molar-refractivity contribution in [2.24, 2.45) is 4.99 Å². The van der Waals surface area contributed by atoms with Crippen LogP contribution in [0.1, 0.15) is 83.1 Å². The van der Waals surface area contributed by atoms with Crippen molar-refractivity contribution in [2.45, 2.75) is 108 Å². The number of amidine groups is 1. The molecule has 2 aliphatic carbocycles. The molecule has 0 bridgehead atoms. The van der Waals surface area contributed by atoms with Crippen LogP contribution in [0.2, 0.25) is 0 Å². The second kappa shape index (κ2) is 8.93. The van der Waals surface area contributed by atoms with Gasteiger partial charge in [-0.2, -0.15) is 0 Å². The fraction of sp³-hybridized carbons (Fsp3) is 0.692. The molecular formula is C26H38N4O. The first-order valence-corrected chi connectivity index (χ1v) is 12.6. The summed E-state index contributed by atoms with van der Waals surface area (Å²) < 4.78 is 0. The van der Waals surface area contributed by atoms with Crippen LogP contribution in [0.5, 0.6) is 0 Å². The Morgan fingerprint density at radius 1 is 1.03 bits per heavy atom. The van der Waals surface area contributed by atoms with Crippen LogP contribution in [0.25, 0.3) is 0 Å². The van der Waals surface area contributed by atoms with Gasteiger partial charge in [-0.3, -0.25) is 15.2 Å². The van der Waals surface area contributed by atoms with Crippen LogP contribution in [0, 0.1) is 0 Å². The van der Waals surface area contributed by atoms with Gasteiger partial charge in [-0.05, 0) is 51.0 Å². The van der Waals surface area contributed by atoms with E-state index in [0.717, 1.165) is 44.6 Å². The lowest BCUT2D eigenvalue weighted by atomic mass is 9.80. The van der Waals surface area contributed by atoms with Crippen molar-refractivity contribution < 1.29 is 4.79 Å². The molecule has 4 aliphatic rings. The van der Waals surface area contributed by atoms with Crippen LogP contribution in [0.15, 0.2) is 35.3 Å². The number of piperidine rings is 1. The van der Waals surface area contributed by atoms with Gasteiger partial charge in [-0.1, -0.05) is 62.4 Å². The summed E-state index contributed by atoms with van der Waals surface area (Å²) in [5, 5.41) is 3.29. The summed E-state index contributed by atoms with van der Waals surface area (Å²) in [6, 6.07) is 12.1. The van der Waals surface area contributed by atoms with Crippen molar-refractivity contribution in [2.75, 3.05) is 6.54 Å². The van der Waals surface area contributed by atoms with E-state index in [-0.39, 0.29) is 11.6 Å². The number of amides is 2. The monoisotopic (exact) mass is 422 g/mol. The Bertz CT molecular complexity index is 797. The van der Waals surface area contributed by atoms with Crippen LogP contribution in [0.3, 0.4) is 0 Å². The zero-order valence-corrected chi connectivity index (χ0v) is 19.1. The first-order chi connectivity index (χ1) is 15.2. The smallest absolute Gasteiger partial charge is 0.309 e. The number of benzene rings is 1. The molecule has 2 atom stereocenters. The maximum atomic E-state index is 13.3. The van der Waals surface area contributed by atoms with Crippen molar-refractivity contribution in [1.29, 1.82) is 0 Å². The van der Waals surface area contributed by atoms with E-state index >= 15 is 0 Å². The van der Waals surface area contributed by atoms with Crippen LogP contribution < -0.4 is 5.32 Å². The van der Waals surface area contributed by atoms with Crippen LogP contribution in [-0.2, 0) is 6.54 Å². The molecule has 2 amide bonds. The number of hydrogen-bond acceptors (Lipinski definition) is 3. The number of likely N-dealkylation sites (tertiary alicyclic amines) is 1. The van der Waals surface area contributed by atoms with Crippen LogP contribution >= 0.6 is 0 Å². The van der Waals surface area contributed by atoms with Crippen LogP contribution in [0.4, 0.5) is 4.79 Å². The zero-order valence-electron chi connectivity index (χ0n) is 19.1. The number of nitrogens with zero attached hydrogens (tertiary/aromatic N) is 3. The van der Waals surface area contributed by atoms with Crippen LogP contribution in [-0.4, -0.2) is 51.9 Å². The fourth-order valence-corrected chi connectivity index (χ4v) is 6.56. The van der Waals surface area contributed by atoms with E-state index in [2.05, 4.69) is 52.4 Å². The molecule has 1 aromatic carbocycles. The SMILES string of the molecule is CC1CC2(CCN1Cc1ccccc1)C(=NC1CCCCC1)NC(=O)N2C1CCCC1. The summed E-state index contributed by atoms with van der Waals surface area (Å²) in [5.41, 5.74) is 1.14. The first kappa shape index (κ1) is 21.0. The highest BCUT2D eigenvalue weighted by Crippen LogP contribution is 2.42. The Hall–Kier alpha value is -1.88. The van der Waals surface area contributed by atoms with E-state index in [0.29, 0.717) is 18.1 Å². The molecule has 0 radical (unpaired) electrons.